The summed E-state index contributed by atoms with van der Waals surface area (Å²) < 4.78 is 0. The van der Waals surface area contributed by atoms with Crippen LogP contribution in [0, 0.1) is 0 Å². The van der Waals surface area contributed by atoms with Crippen molar-refractivity contribution in [3.8, 4) is 0 Å². The summed E-state index contributed by atoms with van der Waals surface area (Å²) in [6.45, 7) is 4.05. The first-order chi connectivity index (χ1) is 12.7. The number of fused-ring (bicyclic) bond motifs is 2. The van der Waals surface area contributed by atoms with Gasteiger partial charge in [0.05, 0.1) is 0 Å². The lowest BCUT2D eigenvalue weighted by atomic mass is 10.0. The molecular formula is C24H22O2. The van der Waals surface area contributed by atoms with Crippen LogP contribution in [0.2, 0.25) is 0 Å². The highest BCUT2D eigenvalue weighted by atomic mass is 17.2. The van der Waals surface area contributed by atoms with Crippen molar-refractivity contribution in [2.24, 2.45) is 0 Å². The molecule has 2 nitrogen and oxygen atoms in total. The van der Waals surface area contributed by atoms with Crippen LogP contribution < -0.4 is 0 Å². The fourth-order valence-corrected chi connectivity index (χ4v) is 3.48. The fraction of sp³-hybridized carbons (Fsp3) is 0.167. The maximum absolute atomic E-state index is 5.80. The van der Waals surface area contributed by atoms with Gasteiger partial charge in [-0.15, -0.1) is 0 Å². The standard InChI is InChI=1S/C24H22O2/c1-17(21-15-7-11-19-9-3-5-13-23(19)21)25-26-18(2)22-16-8-12-20-10-4-6-14-24(20)22/h3-18H,1-2H3. The fourth-order valence-electron chi connectivity index (χ4n) is 3.48. The summed E-state index contributed by atoms with van der Waals surface area (Å²) in [5, 5.41) is 4.82. The minimum atomic E-state index is -0.154. The molecule has 0 heterocycles. The maximum Gasteiger partial charge on any atom is 0.116 e. The third kappa shape index (κ3) is 3.22. The Balaban J connectivity index is 1.54. The van der Waals surface area contributed by atoms with Crippen molar-refractivity contribution in [2.45, 2.75) is 26.1 Å². The topological polar surface area (TPSA) is 18.5 Å². The van der Waals surface area contributed by atoms with Gasteiger partial charge in [-0.05, 0) is 46.5 Å². The van der Waals surface area contributed by atoms with Crippen molar-refractivity contribution in [3.05, 3.63) is 96.1 Å². The molecule has 4 aromatic carbocycles. The van der Waals surface area contributed by atoms with Gasteiger partial charge in [0.15, 0.2) is 0 Å². The lowest BCUT2D eigenvalue weighted by molar-refractivity contribution is -0.350. The summed E-state index contributed by atoms with van der Waals surface area (Å²) in [6.07, 6.45) is -0.308. The molecule has 0 spiro atoms. The van der Waals surface area contributed by atoms with E-state index >= 15 is 0 Å². The molecular weight excluding hydrogens is 320 g/mol. The smallest absolute Gasteiger partial charge is 0.116 e. The predicted molar refractivity (Wildman–Crippen MR) is 107 cm³/mol. The van der Waals surface area contributed by atoms with E-state index in [1.165, 1.54) is 21.5 Å². The molecule has 130 valence electrons. The zero-order chi connectivity index (χ0) is 17.9. The highest BCUT2D eigenvalue weighted by Gasteiger charge is 2.15. The Morgan fingerprint density at radius 2 is 0.885 bits per heavy atom. The van der Waals surface area contributed by atoms with Crippen LogP contribution in [0.1, 0.15) is 37.2 Å². The molecule has 0 aromatic heterocycles. The zero-order valence-electron chi connectivity index (χ0n) is 15.1. The van der Waals surface area contributed by atoms with Gasteiger partial charge in [0.1, 0.15) is 12.2 Å². The summed E-state index contributed by atoms with van der Waals surface area (Å²) in [5.74, 6) is 0. The number of hydrogen-bond donors (Lipinski definition) is 0. The summed E-state index contributed by atoms with van der Waals surface area (Å²) in [7, 11) is 0. The van der Waals surface area contributed by atoms with E-state index in [-0.39, 0.29) is 12.2 Å². The average molecular weight is 342 g/mol. The van der Waals surface area contributed by atoms with Gasteiger partial charge in [-0.3, -0.25) is 0 Å². The molecule has 2 unspecified atom stereocenters. The second-order valence-corrected chi connectivity index (χ2v) is 6.61. The maximum atomic E-state index is 5.80. The largest absolute Gasteiger partial charge is 0.228 e. The molecule has 0 bridgehead atoms. The van der Waals surface area contributed by atoms with Crippen LogP contribution in [0.4, 0.5) is 0 Å². The molecule has 2 atom stereocenters. The second kappa shape index (κ2) is 7.28. The Bertz CT molecular complexity index is 942. The quantitative estimate of drug-likeness (QED) is 0.294. The van der Waals surface area contributed by atoms with Gasteiger partial charge in [0, 0.05) is 0 Å². The third-order valence-electron chi connectivity index (χ3n) is 4.87. The molecule has 26 heavy (non-hydrogen) atoms. The summed E-state index contributed by atoms with van der Waals surface area (Å²) in [6, 6.07) is 29.2. The zero-order valence-corrected chi connectivity index (χ0v) is 15.1. The van der Waals surface area contributed by atoms with Crippen LogP contribution in [0.3, 0.4) is 0 Å². The summed E-state index contributed by atoms with van der Waals surface area (Å²) >= 11 is 0. The van der Waals surface area contributed by atoms with Crippen molar-refractivity contribution < 1.29 is 9.78 Å². The minimum Gasteiger partial charge on any atom is -0.228 e. The highest BCUT2D eigenvalue weighted by molar-refractivity contribution is 5.86. The van der Waals surface area contributed by atoms with Crippen molar-refractivity contribution in [1.82, 2.24) is 0 Å². The van der Waals surface area contributed by atoms with Crippen LogP contribution in [-0.2, 0) is 9.78 Å². The molecule has 0 saturated carbocycles. The van der Waals surface area contributed by atoms with Crippen LogP contribution in [0.5, 0.6) is 0 Å². The Kier molecular flexibility index (Phi) is 4.70. The first-order valence-electron chi connectivity index (χ1n) is 9.01. The van der Waals surface area contributed by atoms with Gasteiger partial charge in [-0.2, -0.15) is 0 Å². The van der Waals surface area contributed by atoms with Crippen LogP contribution in [0.15, 0.2) is 84.9 Å². The van der Waals surface area contributed by atoms with E-state index in [1.807, 2.05) is 13.8 Å². The number of benzene rings is 4. The van der Waals surface area contributed by atoms with Crippen LogP contribution >= 0.6 is 0 Å². The Morgan fingerprint density at radius 1 is 0.500 bits per heavy atom. The molecule has 0 aliphatic heterocycles. The minimum absolute atomic E-state index is 0.154. The lowest BCUT2D eigenvalue weighted by Crippen LogP contribution is -2.06. The Morgan fingerprint density at radius 3 is 1.35 bits per heavy atom. The van der Waals surface area contributed by atoms with Gasteiger partial charge >= 0.3 is 0 Å². The average Bonchev–Trinajstić information content (AvgIpc) is 2.71. The molecule has 0 fully saturated rings. The highest BCUT2D eigenvalue weighted by Crippen LogP contribution is 2.30. The van der Waals surface area contributed by atoms with E-state index in [0.717, 1.165) is 11.1 Å². The monoisotopic (exact) mass is 342 g/mol. The van der Waals surface area contributed by atoms with E-state index in [1.54, 1.807) is 0 Å². The van der Waals surface area contributed by atoms with Crippen LogP contribution in [0.25, 0.3) is 21.5 Å². The number of rotatable bonds is 5. The van der Waals surface area contributed by atoms with E-state index in [9.17, 15) is 0 Å². The van der Waals surface area contributed by atoms with Gasteiger partial charge in [-0.1, -0.05) is 84.9 Å². The molecule has 4 aromatic rings. The molecule has 0 aliphatic rings. The van der Waals surface area contributed by atoms with Crippen molar-refractivity contribution in [2.75, 3.05) is 0 Å². The van der Waals surface area contributed by atoms with Gasteiger partial charge < -0.3 is 0 Å². The van der Waals surface area contributed by atoms with E-state index < -0.39 is 0 Å². The molecule has 0 amide bonds. The second-order valence-electron chi connectivity index (χ2n) is 6.61. The van der Waals surface area contributed by atoms with E-state index in [2.05, 4.69) is 84.9 Å². The molecule has 0 aliphatic carbocycles. The molecule has 0 N–H and O–H groups in total. The van der Waals surface area contributed by atoms with Gasteiger partial charge in [0.2, 0.25) is 0 Å². The van der Waals surface area contributed by atoms with E-state index in [4.69, 9.17) is 9.78 Å². The SMILES string of the molecule is CC(OOC(C)c1cccc2ccccc12)c1cccc2ccccc12. The lowest BCUT2D eigenvalue weighted by Gasteiger charge is -2.19. The summed E-state index contributed by atoms with van der Waals surface area (Å²) in [4.78, 5) is 11.6. The normalized spacial score (nSPS) is 13.8. The van der Waals surface area contributed by atoms with Crippen molar-refractivity contribution >= 4 is 21.5 Å². The van der Waals surface area contributed by atoms with Crippen LogP contribution in [-0.4, -0.2) is 0 Å². The molecule has 2 heteroatoms. The first-order valence-corrected chi connectivity index (χ1v) is 9.01. The molecule has 0 saturated heterocycles. The van der Waals surface area contributed by atoms with Crippen molar-refractivity contribution in [1.29, 1.82) is 0 Å². The van der Waals surface area contributed by atoms with Crippen molar-refractivity contribution in [3.63, 3.8) is 0 Å². The van der Waals surface area contributed by atoms with Gasteiger partial charge in [0.25, 0.3) is 0 Å². The predicted octanol–water partition coefficient (Wildman–Crippen LogP) is 6.76. The Labute approximate surface area is 153 Å². The molecule has 4 rings (SSSR count). The summed E-state index contributed by atoms with van der Waals surface area (Å²) in [5.41, 5.74) is 2.27. The molecule has 0 radical (unpaired) electrons. The third-order valence-corrected chi connectivity index (χ3v) is 4.87. The first kappa shape index (κ1) is 16.8. The number of hydrogen-bond acceptors (Lipinski definition) is 2. The van der Waals surface area contributed by atoms with Gasteiger partial charge in [-0.25, -0.2) is 9.78 Å². The Hall–Kier alpha value is -2.68. The van der Waals surface area contributed by atoms with E-state index in [0.29, 0.717) is 0 Å².